The van der Waals surface area contributed by atoms with Crippen molar-refractivity contribution in [3.63, 3.8) is 0 Å². The zero-order chi connectivity index (χ0) is 11.4. The van der Waals surface area contributed by atoms with Crippen LogP contribution in [0.4, 0.5) is 0 Å². The number of ether oxygens (including phenoxy) is 1. The van der Waals surface area contributed by atoms with Gasteiger partial charge in [0.15, 0.2) is 11.1 Å². The Kier molecular flexibility index (Phi) is 5.45. The van der Waals surface area contributed by atoms with Crippen molar-refractivity contribution in [2.75, 3.05) is 7.11 Å². The number of benzene rings is 2. The Labute approximate surface area is 114 Å². The van der Waals surface area contributed by atoms with E-state index in [1.165, 1.54) is 0 Å². The summed E-state index contributed by atoms with van der Waals surface area (Å²) in [6, 6.07) is 16.8. The molecule has 2 aromatic rings. The minimum Gasteiger partial charge on any atom is -0.492 e. The van der Waals surface area contributed by atoms with Gasteiger partial charge in [-0.15, -0.1) is 0 Å². The number of methoxy groups -OCH3 is 1. The van der Waals surface area contributed by atoms with Gasteiger partial charge in [-0.1, -0.05) is 34.9 Å². The van der Waals surface area contributed by atoms with E-state index in [-0.39, 0.29) is 18.9 Å². The summed E-state index contributed by atoms with van der Waals surface area (Å²) in [7, 11) is 0.0179. The van der Waals surface area contributed by atoms with E-state index in [0.717, 1.165) is 10.6 Å². The minimum atomic E-state index is -1.57. The molecule has 4 heteroatoms. The Morgan fingerprint density at radius 2 is 1.53 bits per heavy atom. The maximum absolute atomic E-state index is 12.3. The summed E-state index contributed by atoms with van der Waals surface area (Å²) in [4.78, 5) is 0. The van der Waals surface area contributed by atoms with Gasteiger partial charge in [-0.05, 0) is 24.3 Å². The molecule has 17 heavy (non-hydrogen) atoms. The third-order valence-electron chi connectivity index (χ3n) is 2.29. The van der Waals surface area contributed by atoms with Gasteiger partial charge in [0.25, 0.3) is 0 Å². The smallest absolute Gasteiger partial charge is 0.419 e. The van der Waals surface area contributed by atoms with E-state index in [0.29, 0.717) is 5.75 Å². The molecule has 1 atom stereocenters. The van der Waals surface area contributed by atoms with Crippen LogP contribution < -0.4 is 15.3 Å². The van der Waals surface area contributed by atoms with E-state index in [9.17, 15) is 4.57 Å². The van der Waals surface area contributed by atoms with Crippen molar-refractivity contribution in [3.8, 4) is 5.75 Å². The van der Waals surface area contributed by atoms with Crippen molar-refractivity contribution in [1.82, 2.24) is 0 Å². The molecular formula is C13H12LiO2P+. The van der Waals surface area contributed by atoms with E-state index >= 15 is 0 Å². The van der Waals surface area contributed by atoms with Crippen molar-refractivity contribution in [2.45, 2.75) is 0 Å². The fourth-order valence-electron chi connectivity index (χ4n) is 1.50. The van der Waals surface area contributed by atoms with Crippen LogP contribution >= 0.6 is 7.80 Å². The summed E-state index contributed by atoms with van der Waals surface area (Å²) in [5, 5.41) is 1.56. The second kappa shape index (κ2) is 6.62. The topological polar surface area (TPSA) is 26.3 Å². The van der Waals surface area contributed by atoms with Crippen LogP contribution in [0.2, 0.25) is 0 Å². The standard InChI is InChI=1S/C13H12O2P.Li/c1-15-12-9-5-6-10-13(12)16(14)11-7-3-2-4-8-11;/h2-10H,1H3;/q+1;. The molecule has 0 N–H and O–H groups in total. The molecule has 0 aliphatic rings. The normalized spacial score (nSPS) is 10.3. The fourth-order valence-corrected chi connectivity index (χ4v) is 2.81. The first-order chi connectivity index (χ1) is 7.83. The summed E-state index contributed by atoms with van der Waals surface area (Å²) in [6.45, 7) is 0. The van der Waals surface area contributed by atoms with Crippen molar-refractivity contribution in [3.05, 3.63) is 54.6 Å². The molecule has 0 amide bonds. The molecule has 81 valence electrons. The maximum Gasteiger partial charge on any atom is 0.419 e. The van der Waals surface area contributed by atoms with E-state index in [1.807, 2.05) is 54.6 Å². The molecule has 0 spiro atoms. The summed E-state index contributed by atoms with van der Waals surface area (Å²) < 4.78 is 17.5. The molecule has 1 unspecified atom stereocenters. The summed E-state index contributed by atoms with van der Waals surface area (Å²) in [6.07, 6.45) is 0. The second-order valence-corrected chi connectivity index (χ2v) is 4.89. The molecule has 0 fully saturated rings. The van der Waals surface area contributed by atoms with Gasteiger partial charge in [-0.2, -0.15) is 0 Å². The quantitative estimate of drug-likeness (QED) is 0.604. The first-order valence-electron chi connectivity index (χ1n) is 4.98. The average Bonchev–Trinajstić information content (AvgIpc) is 2.39. The van der Waals surface area contributed by atoms with Crippen LogP contribution in [0.15, 0.2) is 54.6 Å². The zero-order valence-electron chi connectivity index (χ0n) is 9.96. The molecule has 0 saturated heterocycles. The van der Waals surface area contributed by atoms with Gasteiger partial charge in [0.2, 0.25) is 5.30 Å². The van der Waals surface area contributed by atoms with E-state index in [1.54, 1.807) is 7.11 Å². The fraction of sp³-hybridized carbons (Fsp3) is 0.0769. The summed E-state index contributed by atoms with van der Waals surface area (Å²) >= 11 is 0. The van der Waals surface area contributed by atoms with Crippen molar-refractivity contribution < 1.29 is 9.30 Å². The minimum absolute atomic E-state index is 0. The van der Waals surface area contributed by atoms with Crippen LogP contribution in [0.5, 0.6) is 5.75 Å². The van der Waals surface area contributed by atoms with Crippen molar-refractivity contribution in [2.24, 2.45) is 0 Å². The van der Waals surface area contributed by atoms with Crippen LogP contribution in [-0.4, -0.2) is 26.0 Å². The third kappa shape index (κ3) is 3.20. The van der Waals surface area contributed by atoms with Gasteiger partial charge in [0.1, 0.15) is 0 Å². The first kappa shape index (κ1) is 14.0. The Morgan fingerprint density at radius 3 is 2.18 bits per heavy atom. The zero-order valence-corrected chi connectivity index (χ0v) is 10.9. The first-order valence-corrected chi connectivity index (χ1v) is 6.24. The molecule has 2 nitrogen and oxygen atoms in total. The largest absolute Gasteiger partial charge is 0.492 e. The average molecular weight is 238 g/mol. The van der Waals surface area contributed by atoms with Gasteiger partial charge < -0.3 is 4.74 Å². The molecule has 0 heterocycles. The molecule has 0 aliphatic carbocycles. The van der Waals surface area contributed by atoms with Gasteiger partial charge in [0.05, 0.1) is 7.11 Å². The predicted octanol–water partition coefficient (Wildman–Crippen LogP) is 2.09. The molecule has 0 bridgehead atoms. The monoisotopic (exact) mass is 238 g/mol. The number of para-hydroxylation sites is 1. The van der Waals surface area contributed by atoms with Crippen LogP contribution in [0.1, 0.15) is 0 Å². The van der Waals surface area contributed by atoms with E-state index in [4.69, 9.17) is 4.74 Å². The SMILES string of the molecule is COc1ccccc1[P+](=O)c1ccccc1.[Li]. The maximum atomic E-state index is 12.3. The molecule has 0 aliphatic heterocycles. The number of hydrogen-bond acceptors (Lipinski definition) is 2. The summed E-state index contributed by atoms with van der Waals surface area (Å²) in [5.41, 5.74) is 0. The van der Waals surface area contributed by atoms with Crippen molar-refractivity contribution in [1.29, 1.82) is 0 Å². The molecular weight excluding hydrogens is 226 g/mol. The Balaban J connectivity index is 0.00000144. The molecule has 2 aromatic carbocycles. The number of rotatable bonds is 3. The molecule has 0 saturated carbocycles. The van der Waals surface area contributed by atoms with E-state index < -0.39 is 7.80 Å². The van der Waals surface area contributed by atoms with Crippen LogP contribution in [0, 0.1) is 0 Å². The predicted molar refractivity (Wildman–Crippen MR) is 72.1 cm³/mol. The Morgan fingerprint density at radius 1 is 0.941 bits per heavy atom. The van der Waals surface area contributed by atoms with Crippen LogP contribution in [0.3, 0.4) is 0 Å². The van der Waals surface area contributed by atoms with Crippen molar-refractivity contribution >= 4 is 37.3 Å². The van der Waals surface area contributed by atoms with E-state index in [2.05, 4.69) is 0 Å². The summed E-state index contributed by atoms with van der Waals surface area (Å²) in [5.74, 6) is 0.674. The van der Waals surface area contributed by atoms with Crippen LogP contribution in [-0.2, 0) is 4.57 Å². The van der Waals surface area contributed by atoms with Gasteiger partial charge >= 0.3 is 7.80 Å². The second-order valence-electron chi connectivity index (χ2n) is 3.30. The Bertz CT molecular complexity index is 500. The number of hydrogen-bond donors (Lipinski definition) is 0. The molecule has 1 radical (unpaired) electrons. The Hall–Kier alpha value is -1.06. The molecule has 2 rings (SSSR count). The molecule has 0 aromatic heterocycles. The van der Waals surface area contributed by atoms with Gasteiger partial charge in [-0.3, -0.25) is 0 Å². The van der Waals surface area contributed by atoms with Crippen LogP contribution in [0.25, 0.3) is 0 Å². The van der Waals surface area contributed by atoms with Gasteiger partial charge in [-0.25, -0.2) is 0 Å². The van der Waals surface area contributed by atoms with Gasteiger partial charge in [0, 0.05) is 18.9 Å². The third-order valence-corrected chi connectivity index (χ3v) is 3.87.